The van der Waals surface area contributed by atoms with Crippen molar-refractivity contribution >= 4 is 6.08 Å². The van der Waals surface area contributed by atoms with Crippen LogP contribution in [0.2, 0.25) is 0 Å². The van der Waals surface area contributed by atoms with E-state index in [0.29, 0.717) is 6.61 Å². The molecule has 0 heterocycles. The Morgan fingerprint density at radius 3 is 2.76 bits per heavy atom. The summed E-state index contributed by atoms with van der Waals surface area (Å²) < 4.78 is 12.0. The molecule has 2 heteroatoms. The number of ether oxygens (including phenoxy) is 2. The topological polar surface area (TPSA) is 18.5 Å². The van der Waals surface area contributed by atoms with Crippen LogP contribution >= 0.6 is 0 Å². The second-order valence-electron chi connectivity index (χ2n) is 7.38. The molecule has 0 radical (unpaired) electrons. The summed E-state index contributed by atoms with van der Waals surface area (Å²) in [5.74, 6) is 0. The van der Waals surface area contributed by atoms with Gasteiger partial charge in [-0.05, 0) is 64.0 Å². The molecule has 0 saturated heterocycles. The van der Waals surface area contributed by atoms with Crippen LogP contribution in [-0.4, -0.2) is 24.4 Å². The van der Waals surface area contributed by atoms with Gasteiger partial charge in [-0.15, -0.1) is 0 Å². The molecule has 0 aromatic heterocycles. The number of hydrogen-bond donors (Lipinski definition) is 0. The van der Waals surface area contributed by atoms with Crippen LogP contribution in [0.25, 0.3) is 6.08 Å². The van der Waals surface area contributed by atoms with Crippen molar-refractivity contribution in [3.8, 4) is 0 Å². The fourth-order valence-electron chi connectivity index (χ4n) is 3.41. The zero-order valence-corrected chi connectivity index (χ0v) is 16.3. The third-order valence-corrected chi connectivity index (χ3v) is 4.74. The maximum atomic E-state index is 6.47. The monoisotopic (exact) mass is 342 g/mol. The lowest BCUT2D eigenvalue weighted by Crippen LogP contribution is -2.35. The molecule has 2 nitrogen and oxygen atoms in total. The van der Waals surface area contributed by atoms with Gasteiger partial charge in [0.2, 0.25) is 0 Å². The molecule has 0 N–H and O–H groups in total. The molecule has 0 bridgehead atoms. The smallest absolute Gasteiger partial charge is 0.0863 e. The predicted molar refractivity (Wildman–Crippen MR) is 107 cm³/mol. The average molecular weight is 343 g/mol. The van der Waals surface area contributed by atoms with Crippen molar-refractivity contribution in [3.63, 3.8) is 0 Å². The van der Waals surface area contributed by atoms with E-state index in [1.807, 2.05) is 0 Å². The van der Waals surface area contributed by atoms with E-state index in [2.05, 4.69) is 76.3 Å². The summed E-state index contributed by atoms with van der Waals surface area (Å²) in [6.45, 7) is 9.19. The Kier molecular flexibility index (Phi) is 7.92. The molecule has 138 valence electrons. The van der Waals surface area contributed by atoms with Crippen LogP contribution < -0.4 is 0 Å². The molecule has 0 amide bonds. The Bertz CT molecular complexity index is 573. The van der Waals surface area contributed by atoms with Gasteiger partial charge in [0.1, 0.15) is 0 Å². The van der Waals surface area contributed by atoms with Gasteiger partial charge in [0, 0.05) is 0 Å². The van der Waals surface area contributed by atoms with E-state index in [1.54, 1.807) is 0 Å². The molecule has 1 aliphatic rings. The van der Waals surface area contributed by atoms with Crippen molar-refractivity contribution < 1.29 is 9.47 Å². The predicted octanol–water partition coefficient (Wildman–Crippen LogP) is 5.96. The van der Waals surface area contributed by atoms with Gasteiger partial charge in [0.25, 0.3) is 0 Å². The fourth-order valence-corrected chi connectivity index (χ4v) is 3.41. The van der Waals surface area contributed by atoms with Crippen LogP contribution in [0.5, 0.6) is 0 Å². The second-order valence-corrected chi connectivity index (χ2v) is 7.38. The first-order chi connectivity index (χ1) is 12.0. The Labute approximate surface area is 153 Å². The largest absolute Gasteiger partial charge is 0.375 e. The molecule has 0 saturated carbocycles. The zero-order chi connectivity index (χ0) is 18.1. The van der Waals surface area contributed by atoms with Gasteiger partial charge in [-0.3, -0.25) is 0 Å². The van der Waals surface area contributed by atoms with Crippen molar-refractivity contribution in [1.82, 2.24) is 0 Å². The minimum absolute atomic E-state index is 0.0522. The summed E-state index contributed by atoms with van der Waals surface area (Å²) in [7, 11) is 0. The average Bonchev–Trinajstić information content (AvgIpc) is 2.59. The highest BCUT2D eigenvalue weighted by Crippen LogP contribution is 2.31. The summed E-state index contributed by atoms with van der Waals surface area (Å²) in [5.41, 5.74) is 2.49. The van der Waals surface area contributed by atoms with Gasteiger partial charge < -0.3 is 9.47 Å². The lowest BCUT2D eigenvalue weighted by Gasteiger charge is -2.35. The summed E-state index contributed by atoms with van der Waals surface area (Å²) in [4.78, 5) is 0. The molecule has 0 fully saturated rings. The molecule has 1 aromatic rings. The van der Waals surface area contributed by atoms with Crippen LogP contribution in [-0.2, 0) is 15.9 Å². The number of hydrogen-bond acceptors (Lipinski definition) is 2. The van der Waals surface area contributed by atoms with E-state index in [1.165, 1.54) is 24.0 Å². The van der Waals surface area contributed by atoms with Crippen molar-refractivity contribution in [1.29, 1.82) is 0 Å². The first-order valence-corrected chi connectivity index (χ1v) is 9.75. The zero-order valence-electron chi connectivity index (χ0n) is 16.3. The molecule has 2 unspecified atom stereocenters. The Balaban J connectivity index is 1.92. The minimum atomic E-state index is -0.0522. The Morgan fingerprint density at radius 2 is 2.08 bits per heavy atom. The number of allylic oxidation sites excluding steroid dienone is 1. The molecule has 1 aromatic carbocycles. The van der Waals surface area contributed by atoms with Gasteiger partial charge in [-0.1, -0.05) is 55.5 Å². The number of benzene rings is 1. The van der Waals surface area contributed by atoms with Crippen LogP contribution in [0.4, 0.5) is 0 Å². The highest BCUT2D eigenvalue weighted by Gasteiger charge is 2.29. The lowest BCUT2D eigenvalue weighted by molar-refractivity contribution is -0.0651. The van der Waals surface area contributed by atoms with Crippen LogP contribution in [0.1, 0.15) is 64.5 Å². The SMILES string of the molecule is CCC1(OC(C)Cc2cccc(/C=C/COC(C)C)c2)C=CCCC1. The first kappa shape index (κ1) is 19.9. The first-order valence-electron chi connectivity index (χ1n) is 9.75. The summed E-state index contributed by atoms with van der Waals surface area (Å²) in [5, 5.41) is 0. The third-order valence-electron chi connectivity index (χ3n) is 4.74. The van der Waals surface area contributed by atoms with Crippen molar-refractivity contribution in [2.75, 3.05) is 6.61 Å². The third kappa shape index (κ3) is 6.80. The van der Waals surface area contributed by atoms with Crippen molar-refractivity contribution in [2.24, 2.45) is 0 Å². The quantitative estimate of drug-likeness (QED) is 0.515. The maximum absolute atomic E-state index is 6.47. The van der Waals surface area contributed by atoms with Crippen LogP contribution in [0.3, 0.4) is 0 Å². The van der Waals surface area contributed by atoms with Crippen molar-refractivity contribution in [2.45, 2.75) is 77.6 Å². The van der Waals surface area contributed by atoms with Gasteiger partial charge in [0.15, 0.2) is 0 Å². The molecule has 0 aliphatic heterocycles. The van der Waals surface area contributed by atoms with Gasteiger partial charge in [0.05, 0.1) is 24.4 Å². The van der Waals surface area contributed by atoms with Crippen molar-refractivity contribution in [3.05, 3.63) is 53.6 Å². The van der Waals surface area contributed by atoms with E-state index in [0.717, 1.165) is 19.3 Å². The highest BCUT2D eigenvalue weighted by atomic mass is 16.5. The normalized spacial score (nSPS) is 22.0. The minimum Gasteiger partial charge on any atom is -0.375 e. The lowest BCUT2D eigenvalue weighted by atomic mass is 9.88. The summed E-state index contributed by atoms with van der Waals surface area (Å²) in [6.07, 6.45) is 14.8. The van der Waals surface area contributed by atoms with Gasteiger partial charge in [-0.25, -0.2) is 0 Å². The number of rotatable bonds is 9. The second kappa shape index (κ2) is 9.94. The fraction of sp³-hybridized carbons (Fsp3) is 0.565. The van der Waals surface area contributed by atoms with E-state index in [-0.39, 0.29) is 17.8 Å². The van der Waals surface area contributed by atoms with E-state index in [9.17, 15) is 0 Å². The molecule has 2 rings (SSSR count). The van der Waals surface area contributed by atoms with E-state index in [4.69, 9.17) is 9.47 Å². The standard InChI is InChI=1S/C23H34O2/c1-5-23(14-7-6-8-15-23)25-20(4)17-22-12-9-11-21(18-22)13-10-16-24-19(2)3/h7,9-14,18-20H,5-6,8,15-17H2,1-4H3/b13-10+. The van der Waals surface area contributed by atoms with Gasteiger partial charge in [-0.2, -0.15) is 0 Å². The summed E-state index contributed by atoms with van der Waals surface area (Å²) in [6, 6.07) is 8.71. The Morgan fingerprint density at radius 1 is 1.24 bits per heavy atom. The molecular weight excluding hydrogens is 308 g/mol. The van der Waals surface area contributed by atoms with Crippen LogP contribution in [0, 0.1) is 0 Å². The molecule has 2 atom stereocenters. The summed E-state index contributed by atoms with van der Waals surface area (Å²) >= 11 is 0. The van der Waals surface area contributed by atoms with Gasteiger partial charge >= 0.3 is 0 Å². The molecular formula is C23H34O2. The highest BCUT2D eigenvalue weighted by molar-refractivity contribution is 5.50. The molecule has 25 heavy (non-hydrogen) atoms. The van der Waals surface area contributed by atoms with Crippen LogP contribution in [0.15, 0.2) is 42.5 Å². The molecule has 0 spiro atoms. The molecule has 1 aliphatic carbocycles. The maximum Gasteiger partial charge on any atom is 0.0863 e. The Hall–Kier alpha value is -1.38. The van der Waals surface area contributed by atoms with E-state index < -0.39 is 0 Å². The van der Waals surface area contributed by atoms with E-state index >= 15 is 0 Å².